The van der Waals surface area contributed by atoms with Crippen molar-refractivity contribution in [2.75, 3.05) is 19.7 Å². The lowest BCUT2D eigenvalue weighted by Gasteiger charge is -2.30. The van der Waals surface area contributed by atoms with Gasteiger partial charge in [0.1, 0.15) is 5.75 Å². The van der Waals surface area contributed by atoms with E-state index >= 15 is 0 Å². The van der Waals surface area contributed by atoms with Crippen molar-refractivity contribution in [1.82, 2.24) is 5.32 Å². The number of benzene rings is 1. The minimum absolute atomic E-state index is 0.643. The predicted octanol–water partition coefficient (Wildman–Crippen LogP) is 2.80. The second-order valence-corrected chi connectivity index (χ2v) is 4.55. The fraction of sp³-hybridized carbons (Fsp3) is 0.571. The molecule has 1 aliphatic heterocycles. The summed E-state index contributed by atoms with van der Waals surface area (Å²) in [4.78, 5) is 0. The van der Waals surface area contributed by atoms with Crippen LogP contribution in [0.15, 0.2) is 24.3 Å². The Morgan fingerprint density at radius 1 is 1.38 bits per heavy atom. The Labute approximate surface area is 98.0 Å². The second kappa shape index (κ2) is 5.35. The maximum atomic E-state index is 5.72. The zero-order valence-electron chi connectivity index (χ0n) is 10.2. The summed E-state index contributed by atoms with van der Waals surface area (Å²) in [6.45, 7) is 7.35. The summed E-state index contributed by atoms with van der Waals surface area (Å²) in [6, 6.07) is 8.48. The van der Waals surface area contributed by atoms with Crippen molar-refractivity contribution in [2.24, 2.45) is 5.92 Å². The van der Waals surface area contributed by atoms with Crippen LogP contribution in [-0.4, -0.2) is 19.7 Å². The van der Waals surface area contributed by atoms with Gasteiger partial charge in [0.15, 0.2) is 0 Å². The minimum atomic E-state index is 0.643. The summed E-state index contributed by atoms with van der Waals surface area (Å²) in [6.07, 6.45) is 1.21. The van der Waals surface area contributed by atoms with Crippen molar-refractivity contribution >= 4 is 0 Å². The average molecular weight is 219 g/mol. The Hall–Kier alpha value is -1.02. The number of para-hydroxylation sites is 1. The molecule has 88 valence electrons. The molecule has 16 heavy (non-hydrogen) atoms. The topological polar surface area (TPSA) is 21.3 Å². The van der Waals surface area contributed by atoms with Gasteiger partial charge in [0.05, 0.1) is 6.61 Å². The highest BCUT2D eigenvalue weighted by Crippen LogP contribution is 2.35. The largest absolute Gasteiger partial charge is 0.494 e. The highest BCUT2D eigenvalue weighted by atomic mass is 16.5. The molecule has 0 aromatic heterocycles. The van der Waals surface area contributed by atoms with Gasteiger partial charge >= 0.3 is 0 Å². The van der Waals surface area contributed by atoms with Crippen LogP contribution >= 0.6 is 0 Å². The van der Waals surface area contributed by atoms with E-state index in [9.17, 15) is 0 Å². The van der Waals surface area contributed by atoms with E-state index in [1.807, 2.05) is 6.92 Å². The molecule has 1 saturated heterocycles. The summed E-state index contributed by atoms with van der Waals surface area (Å²) < 4.78 is 5.72. The zero-order chi connectivity index (χ0) is 11.4. The Balaban J connectivity index is 2.23. The van der Waals surface area contributed by atoms with Crippen molar-refractivity contribution in [2.45, 2.75) is 26.2 Å². The fourth-order valence-corrected chi connectivity index (χ4v) is 2.55. The van der Waals surface area contributed by atoms with Crippen LogP contribution in [0.25, 0.3) is 0 Å². The Morgan fingerprint density at radius 3 is 2.94 bits per heavy atom. The van der Waals surface area contributed by atoms with E-state index in [1.54, 1.807) is 0 Å². The van der Waals surface area contributed by atoms with Crippen LogP contribution in [0.1, 0.15) is 31.7 Å². The van der Waals surface area contributed by atoms with Crippen molar-refractivity contribution in [3.8, 4) is 5.75 Å². The lowest BCUT2D eigenvalue weighted by atomic mass is 9.82. The first-order valence-electron chi connectivity index (χ1n) is 6.25. The van der Waals surface area contributed by atoms with Crippen molar-refractivity contribution in [1.29, 1.82) is 0 Å². The molecule has 2 nitrogen and oxygen atoms in total. The van der Waals surface area contributed by atoms with Gasteiger partial charge in [-0.3, -0.25) is 0 Å². The van der Waals surface area contributed by atoms with Gasteiger partial charge in [0.25, 0.3) is 0 Å². The minimum Gasteiger partial charge on any atom is -0.494 e. The fourth-order valence-electron chi connectivity index (χ4n) is 2.55. The van der Waals surface area contributed by atoms with E-state index in [1.165, 1.54) is 12.0 Å². The summed E-state index contributed by atoms with van der Waals surface area (Å²) in [5, 5.41) is 3.44. The smallest absolute Gasteiger partial charge is 0.122 e. The Morgan fingerprint density at radius 2 is 2.19 bits per heavy atom. The van der Waals surface area contributed by atoms with Crippen LogP contribution in [0.4, 0.5) is 0 Å². The molecule has 1 heterocycles. The van der Waals surface area contributed by atoms with Crippen LogP contribution < -0.4 is 10.1 Å². The molecule has 0 saturated carbocycles. The van der Waals surface area contributed by atoms with Gasteiger partial charge in [-0.1, -0.05) is 25.1 Å². The van der Waals surface area contributed by atoms with E-state index in [2.05, 4.69) is 36.5 Å². The zero-order valence-corrected chi connectivity index (χ0v) is 10.2. The van der Waals surface area contributed by atoms with Gasteiger partial charge in [-0.25, -0.2) is 0 Å². The number of rotatable bonds is 3. The second-order valence-electron chi connectivity index (χ2n) is 4.55. The predicted molar refractivity (Wildman–Crippen MR) is 67.0 cm³/mol. The molecule has 1 aromatic rings. The number of hydrogen-bond acceptors (Lipinski definition) is 2. The van der Waals surface area contributed by atoms with Crippen molar-refractivity contribution < 1.29 is 4.74 Å². The number of nitrogens with one attached hydrogen (secondary N) is 1. The molecular formula is C14H21NO. The van der Waals surface area contributed by atoms with Gasteiger partial charge < -0.3 is 10.1 Å². The summed E-state index contributed by atoms with van der Waals surface area (Å²) >= 11 is 0. The summed E-state index contributed by atoms with van der Waals surface area (Å²) in [5.74, 6) is 2.41. The molecule has 0 bridgehead atoms. The molecule has 0 amide bonds. The summed E-state index contributed by atoms with van der Waals surface area (Å²) in [7, 11) is 0. The first kappa shape index (κ1) is 11.5. The van der Waals surface area contributed by atoms with Crippen molar-refractivity contribution in [3.05, 3.63) is 29.8 Å². The van der Waals surface area contributed by atoms with Crippen LogP contribution in [-0.2, 0) is 0 Å². The van der Waals surface area contributed by atoms with Crippen LogP contribution in [0.5, 0.6) is 5.75 Å². The molecule has 0 radical (unpaired) electrons. The first-order valence-corrected chi connectivity index (χ1v) is 6.25. The molecule has 0 spiro atoms. The molecule has 2 unspecified atom stereocenters. The highest BCUT2D eigenvalue weighted by Gasteiger charge is 2.24. The number of ether oxygens (including phenoxy) is 1. The maximum absolute atomic E-state index is 5.72. The van der Waals surface area contributed by atoms with Crippen LogP contribution in [0.3, 0.4) is 0 Å². The third kappa shape index (κ3) is 2.38. The molecule has 0 aliphatic carbocycles. The third-order valence-electron chi connectivity index (χ3n) is 3.40. The molecule has 1 aliphatic rings. The third-order valence-corrected chi connectivity index (χ3v) is 3.40. The van der Waals surface area contributed by atoms with E-state index in [0.29, 0.717) is 11.8 Å². The normalized spacial score (nSPS) is 25.4. The molecular weight excluding hydrogens is 198 g/mol. The number of hydrogen-bond donors (Lipinski definition) is 1. The van der Waals surface area contributed by atoms with Gasteiger partial charge in [-0.15, -0.1) is 0 Å². The van der Waals surface area contributed by atoms with Gasteiger partial charge in [0.2, 0.25) is 0 Å². The van der Waals surface area contributed by atoms with Gasteiger partial charge in [0, 0.05) is 0 Å². The van der Waals surface area contributed by atoms with Gasteiger partial charge in [-0.05, 0) is 49.9 Å². The Kier molecular flexibility index (Phi) is 3.83. The maximum Gasteiger partial charge on any atom is 0.122 e. The first-order chi connectivity index (χ1) is 7.83. The average Bonchev–Trinajstić information content (AvgIpc) is 2.31. The van der Waals surface area contributed by atoms with E-state index in [4.69, 9.17) is 4.74 Å². The lowest BCUT2D eigenvalue weighted by Crippen LogP contribution is -2.33. The van der Waals surface area contributed by atoms with Gasteiger partial charge in [-0.2, -0.15) is 0 Å². The molecule has 1 fully saturated rings. The van der Waals surface area contributed by atoms with Crippen molar-refractivity contribution in [3.63, 3.8) is 0 Å². The quantitative estimate of drug-likeness (QED) is 0.844. The molecule has 2 rings (SSSR count). The SMILES string of the molecule is CCOc1ccccc1C1CCNCC1C. The van der Waals surface area contributed by atoms with Crippen LogP contribution in [0.2, 0.25) is 0 Å². The monoisotopic (exact) mass is 219 g/mol. The van der Waals surface area contributed by atoms with Crippen LogP contribution in [0, 0.1) is 5.92 Å². The Bertz CT molecular complexity index is 337. The van der Waals surface area contributed by atoms with E-state index in [0.717, 1.165) is 25.4 Å². The van der Waals surface area contributed by atoms with E-state index < -0.39 is 0 Å². The highest BCUT2D eigenvalue weighted by molar-refractivity contribution is 5.37. The molecule has 1 N–H and O–H groups in total. The summed E-state index contributed by atoms with van der Waals surface area (Å²) in [5.41, 5.74) is 1.39. The molecule has 2 heteroatoms. The number of piperidine rings is 1. The molecule has 1 aromatic carbocycles. The molecule has 2 atom stereocenters. The van der Waals surface area contributed by atoms with E-state index in [-0.39, 0.29) is 0 Å². The standard InChI is InChI=1S/C14H21NO/c1-3-16-14-7-5-4-6-13(14)12-8-9-15-10-11(12)2/h4-7,11-12,15H,3,8-10H2,1-2H3. The lowest BCUT2D eigenvalue weighted by molar-refractivity contribution is 0.310.